The second-order valence-electron chi connectivity index (χ2n) is 2.75. The standard InChI is InChI=1S/C11H9ClO2S/c1-8(13)15-6-2-3-9-7-10(14)4-5-11(9)12/h4-5,7,14H,6H2,1H3. The number of phenols is 1. The second-order valence-corrected chi connectivity index (χ2v) is 4.31. The molecule has 1 rings (SSSR count). The van der Waals surface area contributed by atoms with Gasteiger partial charge in [-0.2, -0.15) is 0 Å². The Morgan fingerprint density at radius 1 is 1.60 bits per heavy atom. The van der Waals surface area contributed by atoms with Gasteiger partial charge in [-0.3, -0.25) is 4.79 Å². The summed E-state index contributed by atoms with van der Waals surface area (Å²) in [6.07, 6.45) is 0. The molecule has 0 unspecified atom stereocenters. The highest BCUT2D eigenvalue weighted by atomic mass is 35.5. The fraction of sp³-hybridized carbons (Fsp3) is 0.182. The quantitative estimate of drug-likeness (QED) is 0.767. The average molecular weight is 241 g/mol. The number of hydrogen-bond donors (Lipinski definition) is 1. The number of halogens is 1. The number of phenolic OH excluding ortho intramolecular Hbond substituents is 1. The Morgan fingerprint density at radius 3 is 3.00 bits per heavy atom. The van der Waals surface area contributed by atoms with Crippen LogP contribution < -0.4 is 0 Å². The van der Waals surface area contributed by atoms with Gasteiger partial charge in [-0.05, 0) is 18.2 Å². The van der Waals surface area contributed by atoms with E-state index in [1.807, 2.05) is 0 Å². The lowest BCUT2D eigenvalue weighted by molar-refractivity contribution is -0.109. The summed E-state index contributed by atoms with van der Waals surface area (Å²) < 4.78 is 0. The molecule has 0 aromatic heterocycles. The summed E-state index contributed by atoms with van der Waals surface area (Å²) >= 11 is 6.99. The second kappa shape index (κ2) is 5.69. The summed E-state index contributed by atoms with van der Waals surface area (Å²) in [6, 6.07) is 4.57. The SMILES string of the molecule is CC(=O)SCC#Cc1cc(O)ccc1Cl. The lowest BCUT2D eigenvalue weighted by Gasteiger charge is -1.96. The first-order valence-corrected chi connectivity index (χ1v) is 5.56. The highest BCUT2D eigenvalue weighted by Crippen LogP contribution is 2.19. The molecule has 0 spiro atoms. The zero-order chi connectivity index (χ0) is 11.3. The van der Waals surface area contributed by atoms with Crippen molar-refractivity contribution in [2.75, 3.05) is 5.75 Å². The number of aromatic hydroxyl groups is 1. The van der Waals surface area contributed by atoms with Gasteiger partial charge in [0, 0.05) is 12.5 Å². The maximum Gasteiger partial charge on any atom is 0.186 e. The molecule has 1 aromatic rings. The first-order chi connectivity index (χ1) is 7.09. The van der Waals surface area contributed by atoms with Gasteiger partial charge in [0.1, 0.15) is 5.75 Å². The molecule has 2 nitrogen and oxygen atoms in total. The molecule has 0 heterocycles. The Bertz CT molecular complexity index is 432. The van der Waals surface area contributed by atoms with Gasteiger partial charge in [-0.25, -0.2) is 0 Å². The molecular formula is C11H9ClO2S. The zero-order valence-corrected chi connectivity index (χ0v) is 9.65. The summed E-state index contributed by atoms with van der Waals surface area (Å²) in [4.78, 5) is 10.6. The van der Waals surface area contributed by atoms with Gasteiger partial charge in [-0.1, -0.05) is 35.2 Å². The van der Waals surface area contributed by atoms with Gasteiger partial charge < -0.3 is 5.11 Å². The Hall–Kier alpha value is -1.11. The van der Waals surface area contributed by atoms with Gasteiger partial charge in [0.05, 0.1) is 10.8 Å². The lowest BCUT2D eigenvalue weighted by Crippen LogP contribution is -1.83. The molecule has 1 N–H and O–H groups in total. The van der Waals surface area contributed by atoms with E-state index in [0.717, 1.165) is 11.8 Å². The van der Waals surface area contributed by atoms with E-state index < -0.39 is 0 Å². The summed E-state index contributed by atoms with van der Waals surface area (Å²) in [5, 5.41) is 9.72. The maximum atomic E-state index is 10.6. The molecule has 0 bridgehead atoms. The van der Waals surface area contributed by atoms with Crippen molar-refractivity contribution in [2.24, 2.45) is 0 Å². The molecule has 0 aliphatic carbocycles. The van der Waals surface area contributed by atoms with Crippen LogP contribution in [0.25, 0.3) is 0 Å². The molecule has 15 heavy (non-hydrogen) atoms. The van der Waals surface area contributed by atoms with E-state index in [9.17, 15) is 9.90 Å². The van der Waals surface area contributed by atoms with Crippen LogP contribution in [0.5, 0.6) is 5.75 Å². The largest absolute Gasteiger partial charge is 0.508 e. The summed E-state index contributed by atoms with van der Waals surface area (Å²) in [6.45, 7) is 1.49. The molecule has 4 heteroatoms. The third-order valence-electron chi connectivity index (χ3n) is 1.52. The molecular weight excluding hydrogens is 232 g/mol. The van der Waals surface area contributed by atoms with Crippen molar-refractivity contribution in [1.82, 2.24) is 0 Å². The van der Waals surface area contributed by atoms with Crippen molar-refractivity contribution in [3.05, 3.63) is 28.8 Å². The molecule has 0 aliphatic heterocycles. The Kier molecular flexibility index (Phi) is 4.54. The smallest absolute Gasteiger partial charge is 0.186 e. The summed E-state index contributed by atoms with van der Waals surface area (Å²) in [5.74, 6) is 6.15. The molecule has 0 saturated carbocycles. The highest BCUT2D eigenvalue weighted by molar-refractivity contribution is 8.13. The van der Waals surface area contributed by atoms with Crippen LogP contribution in [0.15, 0.2) is 18.2 Å². The molecule has 1 aromatic carbocycles. The monoisotopic (exact) mass is 240 g/mol. The van der Waals surface area contributed by atoms with Crippen molar-refractivity contribution in [2.45, 2.75) is 6.92 Å². The Labute approximate surface area is 97.6 Å². The van der Waals surface area contributed by atoms with E-state index in [2.05, 4.69) is 11.8 Å². The number of hydrogen-bond acceptors (Lipinski definition) is 3. The van der Waals surface area contributed by atoms with E-state index in [1.54, 1.807) is 6.07 Å². The van der Waals surface area contributed by atoms with Crippen molar-refractivity contribution < 1.29 is 9.90 Å². The van der Waals surface area contributed by atoms with Crippen LogP contribution in [0.3, 0.4) is 0 Å². The first kappa shape index (κ1) is 12.0. The van der Waals surface area contributed by atoms with E-state index in [1.165, 1.54) is 19.1 Å². The summed E-state index contributed by atoms with van der Waals surface area (Å²) in [7, 11) is 0. The fourth-order valence-corrected chi connectivity index (χ4v) is 1.39. The van der Waals surface area contributed by atoms with Gasteiger partial charge in [0.25, 0.3) is 0 Å². The van der Waals surface area contributed by atoms with Crippen LogP contribution in [-0.2, 0) is 4.79 Å². The summed E-state index contributed by atoms with van der Waals surface area (Å²) in [5.41, 5.74) is 0.570. The first-order valence-electron chi connectivity index (χ1n) is 4.20. The van der Waals surface area contributed by atoms with E-state index in [4.69, 9.17) is 11.6 Å². The van der Waals surface area contributed by atoms with Gasteiger partial charge >= 0.3 is 0 Å². The highest BCUT2D eigenvalue weighted by Gasteiger charge is 1.97. The number of thioether (sulfide) groups is 1. The van der Waals surface area contributed by atoms with Crippen LogP contribution >= 0.6 is 23.4 Å². The molecule has 0 amide bonds. The van der Waals surface area contributed by atoms with Gasteiger partial charge in [-0.15, -0.1) is 0 Å². The van der Waals surface area contributed by atoms with Gasteiger partial charge in [0.15, 0.2) is 5.12 Å². The molecule has 78 valence electrons. The fourth-order valence-electron chi connectivity index (χ4n) is 0.878. The van der Waals surface area contributed by atoms with Crippen molar-refractivity contribution >= 4 is 28.5 Å². The van der Waals surface area contributed by atoms with Crippen LogP contribution in [0.2, 0.25) is 5.02 Å². The topological polar surface area (TPSA) is 37.3 Å². The minimum Gasteiger partial charge on any atom is -0.508 e. The Morgan fingerprint density at radius 2 is 2.33 bits per heavy atom. The molecule has 0 fully saturated rings. The third-order valence-corrected chi connectivity index (χ3v) is 2.55. The molecule has 0 radical (unpaired) electrons. The van der Waals surface area contributed by atoms with Crippen molar-refractivity contribution in [3.63, 3.8) is 0 Å². The van der Waals surface area contributed by atoms with Crippen LogP contribution in [0.4, 0.5) is 0 Å². The van der Waals surface area contributed by atoms with Crippen molar-refractivity contribution in [1.29, 1.82) is 0 Å². The van der Waals surface area contributed by atoms with Crippen LogP contribution in [0.1, 0.15) is 12.5 Å². The zero-order valence-electron chi connectivity index (χ0n) is 8.08. The van der Waals surface area contributed by atoms with Crippen LogP contribution in [0, 0.1) is 11.8 Å². The van der Waals surface area contributed by atoms with Crippen molar-refractivity contribution in [3.8, 4) is 17.6 Å². The Balaban J connectivity index is 2.71. The third kappa shape index (κ3) is 4.28. The number of carbonyl (C=O) groups is 1. The molecule has 0 atom stereocenters. The van der Waals surface area contributed by atoms with E-state index in [0.29, 0.717) is 16.3 Å². The minimum atomic E-state index is 0.0336. The molecule has 0 aliphatic rings. The van der Waals surface area contributed by atoms with E-state index in [-0.39, 0.29) is 10.9 Å². The lowest BCUT2D eigenvalue weighted by atomic mass is 10.2. The van der Waals surface area contributed by atoms with E-state index >= 15 is 0 Å². The predicted octanol–water partition coefficient (Wildman–Crippen LogP) is 2.68. The number of rotatable bonds is 1. The van der Waals surface area contributed by atoms with Crippen LogP contribution in [-0.4, -0.2) is 16.0 Å². The minimum absolute atomic E-state index is 0.0336. The maximum absolute atomic E-state index is 10.6. The average Bonchev–Trinajstić information content (AvgIpc) is 2.17. The predicted molar refractivity (Wildman–Crippen MR) is 63.1 cm³/mol. The molecule has 0 saturated heterocycles. The number of benzene rings is 1. The number of carbonyl (C=O) groups excluding carboxylic acids is 1. The van der Waals surface area contributed by atoms with Gasteiger partial charge in [0.2, 0.25) is 0 Å². The normalized spacial score (nSPS) is 9.20.